The number of nitrogens with two attached hydrogens (primary N) is 1. The first kappa shape index (κ1) is 23.5. The molecule has 0 bridgehead atoms. The summed E-state index contributed by atoms with van der Waals surface area (Å²) in [5, 5.41) is 7.05. The molecule has 0 spiro atoms. The summed E-state index contributed by atoms with van der Waals surface area (Å²) in [6.45, 7) is 6.23. The van der Waals surface area contributed by atoms with E-state index in [1.807, 2.05) is 60.8 Å². The van der Waals surface area contributed by atoms with E-state index in [-0.39, 0.29) is 11.9 Å². The maximum atomic E-state index is 11.7. The van der Waals surface area contributed by atoms with Gasteiger partial charge in [0.05, 0.1) is 24.8 Å². The molecule has 0 radical (unpaired) electrons. The van der Waals surface area contributed by atoms with Crippen molar-refractivity contribution >= 4 is 39.8 Å². The zero-order valence-corrected chi connectivity index (χ0v) is 19.9. The number of ether oxygens (including phenoxy) is 1. The van der Waals surface area contributed by atoms with E-state index < -0.39 is 0 Å². The molecule has 36 heavy (non-hydrogen) atoms. The third kappa shape index (κ3) is 5.05. The van der Waals surface area contributed by atoms with Gasteiger partial charge in [0.25, 0.3) is 0 Å². The highest BCUT2D eigenvalue weighted by molar-refractivity contribution is 6.00. The van der Waals surface area contributed by atoms with Crippen LogP contribution in [0.25, 0.3) is 22.0 Å². The van der Waals surface area contributed by atoms with Crippen molar-refractivity contribution in [2.24, 2.45) is 5.73 Å². The van der Waals surface area contributed by atoms with Crippen LogP contribution in [0.4, 0.5) is 23.0 Å². The minimum Gasteiger partial charge on any atom is -0.377 e. The second-order valence-electron chi connectivity index (χ2n) is 8.54. The normalized spacial score (nSPS) is 15.5. The Kier molecular flexibility index (Phi) is 6.88. The maximum Gasteiger partial charge on any atom is 0.247 e. The molecule has 1 amide bonds. The number of amides is 1. The Balaban J connectivity index is 1.40. The smallest absolute Gasteiger partial charge is 0.247 e. The van der Waals surface area contributed by atoms with Crippen molar-refractivity contribution in [3.05, 3.63) is 85.6 Å². The molecular weight excluding hydrogens is 452 g/mol. The predicted octanol–water partition coefficient (Wildman–Crippen LogP) is 4.33. The average Bonchev–Trinajstić information content (AvgIpc) is 2.93. The summed E-state index contributed by atoms with van der Waals surface area (Å²) in [6.07, 6.45) is 3.06. The molecule has 182 valence electrons. The molecule has 1 aliphatic rings. The summed E-state index contributed by atoms with van der Waals surface area (Å²) in [6, 6.07) is 22.0. The van der Waals surface area contributed by atoms with Crippen LogP contribution < -0.4 is 21.3 Å². The largest absolute Gasteiger partial charge is 0.377 e. The van der Waals surface area contributed by atoms with Crippen LogP contribution in [0.15, 0.2) is 85.6 Å². The molecule has 2 heterocycles. The standard InChI is InChI=1S/C28H28N6O2/c1-2-26(35)31-22-7-3-5-19(15-22)25-8-4-6-20-17-30-28(33-27(20)25)32-21-9-11-23(12-10-21)34-13-14-36-18-24(34)16-29/h2-12,15,17,24H,1,13-14,16,18,29H2,(H,31,35)(H,30,32,33)/t24-/m1/s1. The molecule has 8 heteroatoms. The Morgan fingerprint density at radius 1 is 1.14 bits per heavy atom. The minimum absolute atomic E-state index is 0.184. The van der Waals surface area contributed by atoms with Crippen molar-refractivity contribution < 1.29 is 9.53 Å². The molecule has 1 fully saturated rings. The molecule has 4 N–H and O–H groups in total. The number of anilines is 4. The van der Waals surface area contributed by atoms with Gasteiger partial charge in [-0.15, -0.1) is 0 Å². The Morgan fingerprint density at radius 3 is 2.78 bits per heavy atom. The van der Waals surface area contributed by atoms with Crippen molar-refractivity contribution in [1.29, 1.82) is 0 Å². The van der Waals surface area contributed by atoms with E-state index >= 15 is 0 Å². The van der Waals surface area contributed by atoms with Gasteiger partial charge in [-0.25, -0.2) is 9.97 Å². The quantitative estimate of drug-likeness (QED) is 0.338. The number of fused-ring (bicyclic) bond motifs is 1. The number of carbonyl (C=O) groups is 1. The van der Waals surface area contributed by atoms with Gasteiger partial charge in [-0.1, -0.05) is 36.9 Å². The molecule has 1 aliphatic heterocycles. The fraction of sp³-hybridized carbons (Fsp3) is 0.179. The SMILES string of the molecule is C=CC(=O)Nc1cccc(-c2cccc3cnc(Nc4ccc(N5CCOC[C@H]5CN)cc4)nc23)c1. The zero-order valence-electron chi connectivity index (χ0n) is 19.9. The fourth-order valence-electron chi connectivity index (χ4n) is 4.36. The van der Waals surface area contributed by atoms with Gasteiger partial charge in [0.1, 0.15) is 0 Å². The van der Waals surface area contributed by atoms with Crippen LogP contribution in [-0.4, -0.2) is 48.2 Å². The fourth-order valence-corrected chi connectivity index (χ4v) is 4.36. The molecule has 4 aromatic rings. The van der Waals surface area contributed by atoms with Crippen molar-refractivity contribution in [1.82, 2.24) is 9.97 Å². The van der Waals surface area contributed by atoms with Gasteiger partial charge in [0, 0.05) is 47.3 Å². The average molecular weight is 481 g/mol. The van der Waals surface area contributed by atoms with E-state index in [1.54, 1.807) is 0 Å². The van der Waals surface area contributed by atoms with Crippen LogP contribution in [0.5, 0.6) is 0 Å². The molecular formula is C28H28N6O2. The molecule has 5 rings (SSSR count). The number of nitrogens with one attached hydrogen (secondary N) is 2. The van der Waals surface area contributed by atoms with Crippen molar-refractivity contribution in [3.8, 4) is 11.1 Å². The van der Waals surface area contributed by atoms with E-state index in [4.69, 9.17) is 15.5 Å². The Hall–Kier alpha value is -4.27. The zero-order chi connectivity index (χ0) is 24.9. The number of hydrogen-bond acceptors (Lipinski definition) is 7. The van der Waals surface area contributed by atoms with Gasteiger partial charge in [-0.2, -0.15) is 0 Å². The lowest BCUT2D eigenvalue weighted by molar-refractivity contribution is -0.111. The van der Waals surface area contributed by atoms with Crippen LogP contribution >= 0.6 is 0 Å². The topological polar surface area (TPSA) is 105 Å². The first-order valence-electron chi connectivity index (χ1n) is 11.9. The van der Waals surface area contributed by atoms with Gasteiger partial charge in [-0.05, 0) is 48.0 Å². The Bertz CT molecular complexity index is 1390. The highest BCUT2D eigenvalue weighted by atomic mass is 16.5. The molecule has 3 aromatic carbocycles. The van der Waals surface area contributed by atoms with Crippen LogP contribution in [0, 0.1) is 0 Å². The summed E-state index contributed by atoms with van der Waals surface area (Å²) in [5.41, 5.74) is 11.3. The van der Waals surface area contributed by atoms with Gasteiger partial charge >= 0.3 is 0 Å². The Morgan fingerprint density at radius 2 is 1.97 bits per heavy atom. The van der Waals surface area contributed by atoms with Crippen LogP contribution in [-0.2, 0) is 9.53 Å². The lowest BCUT2D eigenvalue weighted by atomic mass is 10.0. The molecule has 0 unspecified atom stereocenters. The first-order valence-corrected chi connectivity index (χ1v) is 11.9. The van der Waals surface area contributed by atoms with Gasteiger partial charge in [-0.3, -0.25) is 4.79 Å². The van der Waals surface area contributed by atoms with Crippen molar-refractivity contribution in [3.63, 3.8) is 0 Å². The van der Waals surface area contributed by atoms with Gasteiger partial charge < -0.3 is 26.0 Å². The molecule has 1 aromatic heterocycles. The minimum atomic E-state index is -0.253. The number of para-hydroxylation sites is 1. The van der Waals surface area contributed by atoms with E-state index in [9.17, 15) is 4.79 Å². The summed E-state index contributed by atoms with van der Waals surface area (Å²) < 4.78 is 5.56. The van der Waals surface area contributed by atoms with E-state index in [1.165, 1.54) is 6.08 Å². The lowest BCUT2D eigenvalue weighted by Gasteiger charge is -2.36. The third-order valence-electron chi connectivity index (χ3n) is 6.19. The van der Waals surface area contributed by atoms with Crippen LogP contribution in [0.3, 0.4) is 0 Å². The van der Waals surface area contributed by atoms with E-state index in [0.717, 1.165) is 39.9 Å². The predicted molar refractivity (Wildman–Crippen MR) is 145 cm³/mol. The van der Waals surface area contributed by atoms with Gasteiger partial charge in [0.15, 0.2) is 0 Å². The van der Waals surface area contributed by atoms with Crippen LogP contribution in [0.1, 0.15) is 0 Å². The van der Waals surface area contributed by atoms with Gasteiger partial charge in [0.2, 0.25) is 11.9 Å². The molecule has 1 atom stereocenters. The van der Waals surface area contributed by atoms with Crippen molar-refractivity contribution in [2.45, 2.75) is 6.04 Å². The first-order chi connectivity index (χ1) is 17.6. The summed E-state index contributed by atoms with van der Waals surface area (Å²) in [4.78, 5) is 23.4. The Labute approximate surface area is 209 Å². The van der Waals surface area contributed by atoms with Crippen molar-refractivity contribution in [2.75, 3.05) is 41.8 Å². The molecule has 8 nitrogen and oxygen atoms in total. The second-order valence-corrected chi connectivity index (χ2v) is 8.54. The monoisotopic (exact) mass is 480 g/mol. The number of morpholine rings is 1. The summed E-state index contributed by atoms with van der Waals surface area (Å²) in [7, 11) is 0. The molecule has 0 aliphatic carbocycles. The molecule has 0 saturated carbocycles. The highest BCUT2D eigenvalue weighted by Crippen LogP contribution is 2.30. The molecule has 1 saturated heterocycles. The second kappa shape index (κ2) is 10.6. The van der Waals surface area contributed by atoms with Crippen LogP contribution in [0.2, 0.25) is 0 Å². The maximum absolute atomic E-state index is 11.7. The number of rotatable bonds is 7. The van der Waals surface area contributed by atoms with E-state index in [0.29, 0.717) is 31.4 Å². The number of nitrogens with zero attached hydrogens (tertiary/aromatic N) is 3. The lowest BCUT2D eigenvalue weighted by Crippen LogP contribution is -2.49. The number of aromatic nitrogens is 2. The number of benzene rings is 3. The number of hydrogen-bond donors (Lipinski definition) is 3. The highest BCUT2D eigenvalue weighted by Gasteiger charge is 2.21. The summed E-state index contributed by atoms with van der Waals surface area (Å²) in [5.74, 6) is 0.252. The summed E-state index contributed by atoms with van der Waals surface area (Å²) >= 11 is 0. The van der Waals surface area contributed by atoms with E-state index in [2.05, 4.69) is 39.2 Å². The third-order valence-corrected chi connectivity index (χ3v) is 6.19. The number of carbonyl (C=O) groups excluding carboxylic acids is 1.